The Balaban J connectivity index is 2.56. The summed E-state index contributed by atoms with van der Waals surface area (Å²) in [5.41, 5.74) is -0.216. The topological polar surface area (TPSA) is 66.4 Å². The standard InChI is InChI=1S/C16H29NO3/c1-4-15(2,3)12-17-13(18)10-16(11-14(19)20)8-6-5-7-9-16/h4-12H2,1-3H3,(H,17,18)(H,19,20). The van der Waals surface area contributed by atoms with Crippen LogP contribution in [0.15, 0.2) is 0 Å². The highest BCUT2D eigenvalue weighted by Gasteiger charge is 2.36. The highest BCUT2D eigenvalue weighted by molar-refractivity contribution is 5.78. The average molecular weight is 283 g/mol. The van der Waals surface area contributed by atoms with E-state index in [2.05, 4.69) is 26.1 Å². The van der Waals surface area contributed by atoms with Crippen molar-refractivity contribution in [2.45, 2.75) is 72.1 Å². The molecule has 1 saturated carbocycles. The molecule has 0 saturated heterocycles. The van der Waals surface area contributed by atoms with Crippen molar-refractivity contribution in [1.29, 1.82) is 0 Å². The first-order valence-corrected chi connectivity index (χ1v) is 7.77. The van der Waals surface area contributed by atoms with Crippen LogP contribution in [0, 0.1) is 10.8 Å². The van der Waals surface area contributed by atoms with E-state index in [0.717, 1.165) is 38.5 Å². The van der Waals surface area contributed by atoms with Gasteiger partial charge in [-0.1, -0.05) is 40.0 Å². The Hall–Kier alpha value is -1.06. The fraction of sp³-hybridized carbons (Fsp3) is 0.875. The molecular weight excluding hydrogens is 254 g/mol. The smallest absolute Gasteiger partial charge is 0.303 e. The second-order valence-corrected chi connectivity index (χ2v) is 7.10. The molecular formula is C16H29NO3. The zero-order valence-electron chi connectivity index (χ0n) is 13.1. The summed E-state index contributed by atoms with van der Waals surface area (Å²) in [6.07, 6.45) is 6.46. The Kier molecular flexibility index (Phi) is 6.03. The van der Waals surface area contributed by atoms with Gasteiger partial charge in [-0.25, -0.2) is 0 Å². The van der Waals surface area contributed by atoms with Crippen LogP contribution in [0.3, 0.4) is 0 Å². The van der Waals surface area contributed by atoms with Crippen molar-refractivity contribution in [2.75, 3.05) is 6.54 Å². The molecule has 1 rings (SSSR count). The minimum absolute atomic E-state index is 0.00896. The van der Waals surface area contributed by atoms with E-state index in [1.54, 1.807) is 0 Å². The van der Waals surface area contributed by atoms with Gasteiger partial charge in [-0.2, -0.15) is 0 Å². The summed E-state index contributed by atoms with van der Waals surface area (Å²) >= 11 is 0. The number of carboxylic acid groups (broad SMARTS) is 1. The number of carbonyl (C=O) groups is 2. The third-order valence-electron chi connectivity index (χ3n) is 4.70. The molecule has 0 spiro atoms. The molecule has 0 aromatic carbocycles. The van der Waals surface area contributed by atoms with E-state index in [1.165, 1.54) is 0 Å². The van der Waals surface area contributed by atoms with Gasteiger partial charge in [-0.05, 0) is 30.1 Å². The molecule has 0 aromatic heterocycles. The maximum absolute atomic E-state index is 12.2. The quantitative estimate of drug-likeness (QED) is 0.753. The molecule has 0 aromatic rings. The van der Waals surface area contributed by atoms with E-state index in [4.69, 9.17) is 5.11 Å². The van der Waals surface area contributed by atoms with Crippen LogP contribution in [0.5, 0.6) is 0 Å². The number of carboxylic acids is 1. The van der Waals surface area contributed by atoms with Crippen molar-refractivity contribution in [1.82, 2.24) is 5.32 Å². The van der Waals surface area contributed by atoms with E-state index in [9.17, 15) is 9.59 Å². The Labute approximate surface area is 122 Å². The van der Waals surface area contributed by atoms with Crippen molar-refractivity contribution in [2.24, 2.45) is 10.8 Å². The number of nitrogens with one attached hydrogen (secondary N) is 1. The van der Waals surface area contributed by atoms with Crippen molar-refractivity contribution < 1.29 is 14.7 Å². The lowest BCUT2D eigenvalue weighted by Crippen LogP contribution is -2.38. The van der Waals surface area contributed by atoms with Crippen LogP contribution in [0.2, 0.25) is 0 Å². The first kappa shape index (κ1) is 17.0. The van der Waals surface area contributed by atoms with Gasteiger partial charge in [0.1, 0.15) is 0 Å². The van der Waals surface area contributed by atoms with Crippen molar-refractivity contribution in [3.05, 3.63) is 0 Å². The van der Waals surface area contributed by atoms with Gasteiger partial charge < -0.3 is 10.4 Å². The lowest BCUT2D eigenvalue weighted by molar-refractivity contribution is -0.141. The van der Waals surface area contributed by atoms with Crippen molar-refractivity contribution in [3.63, 3.8) is 0 Å². The monoisotopic (exact) mass is 283 g/mol. The van der Waals surface area contributed by atoms with E-state index in [-0.39, 0.29) is 23.2 Å². The highest BCUT2D eigenvalue weighted by Crippen LogP contribution is 2.42. The molecule has 0 aliphatic heterocycles. The Morgan fingerprint density at radius 1 is 1.15 bits per heavy atom. The third-order valence-corrected chi connectivity index (χ3v) is 4.70. The summed E-state index contributed by atoms with van der Waals surface area (Å²) in [4.78, 5) is 23.2. The number of aliphatic carboxylic acids is 1. The molecule has 1 amide bonds. The summed E-state index contributed by atoms with van der Waals surface area (Å²) in [5, 5.41) is 12.1. The normalized spacial score (nSPS) is 18.6. The molecule has 1 fully saturated rings. The van der Waals surface area contributed by atoms with Crippen LogP contribution < -0.4 is 5.32 Å². The molecule has 20 heavy (non-hydrogen) atoms. The summed E-state index contributed by atoms with van der Waals surface area (Å²) in [5.74, 6) is -0.775. The van der Waals surface area contributed by atoms with Crippen LogP contribution >= 0.6 is 0 Å². The first-order valence-electron chi connectivity index (χ1n) is 7.77. The second kappa shape index (κ2) is 7.09. The average Bonchev–Trinajstić information content (AvgIpc) is 2.36. The Morgan fingerprint density at radius 2 is 1.75 bits per heavy atom. The van der Waals surface area contributed by atoms with E-state index in [0.29, 0.717) is 13.0 Å². The summed E-state index contributed by atoms with van der Waals surface area (Å²) < 4.78 is 0. The van der Waals surface area contributed by atoms with Gasteiger partial charge in [0.05, 0.1) is 6.42 Å². The zero-order chi connectivity index (χ0) is 15.2. The van der Waals surface area contributed by atoms with Crippen molar-refractivity contribution >= 4 is 11.9 Å². The molecule has 1 aliphatic carbocycles. The second-order valence-electron chi connectivity index (χ2n) is 7.10. The predicted octanol–water partition coefficient (Wildman–Crippen LogP) is 3.35. The minimum atomic E-state index is -0.784. The maximum atomic E-state index is 12.2. The molecule has 0 unspecified atom stereocenters. The molecule has 0 heterocycles. The summed E-state index contributed by atoms with van der Waals surface area (Å²) in [6, 6.07) is 0. The number of hydrogen-bond acceptors (Lipinski definition) is 2. The van der Waals surface area contributed by atoms with E-state index in [1.807, 2.05) is 0 Å². The van der Waals surface area contributed by atoms with E-state index < -0.39 is 5.97 Å². The number of amides is 1. The SMILES string of the molecule is CCC(C)(C)CNC(=O)CC1(CC(=O)O)CCCCC1. The molecule has 4 heteroatoms. The van der Waals surface area contributed by atoms with Gasteiger partial charge in [-0.3, -0.25) is 9.59 Å². The predicted molar refractivity (Wildman–Crippen MR) is 79.5 cm³/mol. The molecule has 0 atom stereocenters. The molecule has 2 N–H and O–H groups in total. The summed E-state index contributed by atoms with van der Waals surface area (Å²) in [7, 11) is 0. The Bertz CT molecular complexity index is 344. The summed E-state index contributed by atoms with van der Waals surface area (Å²) in [6.45, 7) is 7.02. The maximum Gasteiger partial charge on any atom is 0.303 e. The van der Waals surface area contributed by atoms with Gasteiger partial charge in [-0.15, -0.1) is 0 Å². The first-order chi connectivity index (χ1) is 9.29. The lowest BCUT2D eigenvalue weighted by atomic mass is 9.69. The van der Waals surface area contributed by atoms with Gasteiger partial charge in [0.15, 0.2) is 0 Å². The van der Waals surface area contributed by atoms with Gasteiger partial charge >= 0.3 is 5.97 Å². The molecule has 0 bridgehead atoms. The van der Waals surface area contributed by atoms with Gasteiger partial charge in [0.25, 0.3) is 0 Å². The van der Waals surface area contributed by atoms with Crippen LogP contribution in [0.4, 0.5) is 0 Å². The fourth-order valence-corrected chi connectivity index (χ4v) is 2.90. The third kappa shape index (κ3) is 5.51. The Morgan fingerprint density at radius 3 is 2.25 bits per heavy atom. The van der Waals surface area contributed by atoms with Crippen LogP contribution in [0.1, 0.15) is 72.1 Å². The number of hydrogen-bond donors (Lipinski definition) is 2. The molecule has 116 valence electrons. The van der Waals surface area contributed by atoms with Crippen molar-refractivity contribution in [3.8, 4) is 0 Å². The van der Waals surface area contributed by atoms with Crippen LogP contribution in [0.25, 0.3) is 0 Å². The number of carbonyl (C=O) groups excluding carboxylic acids is 1. The molecule has 4 nitrogen and oxygen atoms in total. The van der Waals surface area contributed by atoms with Gasteiger partial charge in [0.2, 0.25) is 5.91 Å². The number of rotatable bonds is 7. The largest absolute Gasteiger partial charge is 0.481 e. The lowest BCUT2D eigenvalue weighted by Gasteiger charge is -2.36. The van der Waals surface area contributed by atoms with Gasteiger partial charge in [0, 0.05) is 13.0 Å². The zero-order valence-corrected chi connectivity index (χ0v) is 13.1. The van der Waals surface area contributed by atoms with Crippen LogP contribution in [-0.4, -0.2) is 23.5 Å². The molecule has 1 aliphatic rings. The van der Waals surface area contributed by atoms with Crippen LogP contribution in [-0.2, 0) is 9.59 Å². The minimum Gasteiger partial charge on any atom is -0.481 e. The molecule has 0 radical (unpaired) electrons. The highest BCUT2D eigenvalue weighted by atomic mass is 16.4. The fourth-order valence-electron chi connectivity index (χ4n) is 2.90. The van der Waals surface area contributed by atoms with E-state index >= 15 is 0 Å².